The average molecular weight is 924 g/mol. The molecular formula is C47H50BF3N7O7P+. The fourth-order valence-corrected chi connectivity index (χ4v) is 12.1. The van der Waals surface area contributed by atoms with E-state index in [1.165, 1.54) is 36.2 Å². The monoisotopic (exact) mass is 923 g/mol. The zero-order valence-corrected chi connectivity index (χ0v) is 37.6. The molecule has 2 aromatic heterocycles. The maximum absolute atomic E-state index is 12.2. The van der Waals surface area contributed by atoms with Crippen LogP contribution in [0.5, 0.6) is 0 Å². The number of amides is 4. The minimum atomic E-state index is -5.08. The van der Waals surface area contributed by atoms with E-state index in [2.05, 4.69) is 133 Å². The smallest absolute Gasteiger partial charge is 0.490 e. The molecule has 5 aromatic rings. The van der Waals surface area contributed by atoms with Crippen LogP contribution in [0.15, 0.2) is 149 Å². The van der Waals surface area contributed by atoms with Crippen LogP contribution < -0.4 is 15.9 Å². The van der Waals surface area contributed by atoms with Crippen LogP contribution in [0.2, 0.25) is 6.32 Å². The second-order valence-corrected chi connectivity index (χ2v) is 18.6. The van der Waals surface area contributed by atoms with Gasteiger partial charge in [0.2, 0.25) is 0 Å². The van der Waals surface area contributed by atoms with Crippen molar-refractivity contribution in [2.75, 3.05) is 27.2 Å². The molecule has 14 nitrogen and oxygen atoms in total. The summed E-state index contributed by atoms with van der Waals surface area (Å²) in [5.41, 5.74) is 2.05. The van der Waals surface area contributed by atoms with E-state index in [9.17, 15) is 22.8 Å². The maximum atomic E-state index is 12.2. The van der Waals surface area contributed by atoms with Crippen LogP contribution >= 0.6 is 7.26 Å². The summed E-state index contributed by atoms with van der Waals surface area (Å²) >= 11 is 0. The summed E-state index contributed by atoms with van der Waals surface area (Å²) in [6.07, 6.45) is 9.77. The number of oxazole rings is 2. The molecule has 4 bridgehead atoms. The number of aliphatic carboxylic acids is 1. The minimum absolute atomic E-state index is 0.00430. The van der Waals surface area contributed by atoms with E-state index in [4.69, 9.17) is 28.8 Å². The zero-order chi connectivity index (χ0) is 47.4. The number of rotatable bonds is 11. The van der Waals surface area contributed by atoms with Crippen LogP contribution in [0.1, 0.15) is 31.8 Å². The van der Waals surface area contributed by atoms with E-state index >= 15 is 0 Å². The molecule has 2 unspecified atom stereocenters. The second kappa shape index (κ2) is 21.8. The highest BCUT2D eigenvalue weighted by Crippen LogP contribution is 2.56. The number of alkyl halides is 3. The molecule has 4 aliphatic rings. The Balaban J connectivity index is 0.000000153. The predicted octanol–water partition coefficient (Wildman–Crippen LogP) is 7.57. The topological polar surface area (TPSA) is 170 Å². The van der Waals surface area contributed by atoms with E-state index < -0.39 is 19.4 Å². The third kappa shape index (κ3) is 10.6. The Morgan fingerprint density at radius 1 is 0.803 bits per heavy atom. The van der Waals surface area contributed by atoms with Gasteiger partial charge in [0.1, 0.15) is 29.6 Å². The van der Waals surface area contributed by atoms with Gasteiger partial charge >= 0.3 is 31.7 Å². The summed E-state index contributed by atoms with van der Waals surface area (Å²) in [5.74, 6) is 1.11. The number of likely N-dealkylation sites (N-methyl/N-ethyl adjacent to an activating group) is 2. The highest BCUT2D eigenvalue weighted by atomic mass is 31.2. The summed E-state index contributed by atoms with van der Waals surface area (Å²) < 4.78 is 47.3. The number of hydrogen-bond donors (Lipinski definition) is 2. The Kier molecular flexibility index (Phi) is 16.0. The SMILES string of the molecule is C/C=C/[P+](c1ccccc1)(c1ccccc1)c1ccccc1.CC[C@@H]1C=C(c2cnco2)C2CN1C(=O)N2C.CN1C(=O)N2CC1C(c1cnco1)=C[C@H]2C[B]OC=N.O=C(O)C(F)(F)F. The third-order valence-corrected chi connectivity index (χ3v) is 15.6. The van der Waals surface area contributed by atoms with Crippen molar-refractivity contribution in [2.24, 2.45) is 0 Å². The van der Waals surface area contributed by atoms with Crippen molar-refractivity contribution in [1.29, 1.82) is 5.41 Å². The van der Waals surface area contributed by atoms with E-state index in [0.29, 0.717) is 18.6 Å². The molecule has 0 spiro atoms. The van der Waals surface area contributed by atoms with Crippen LogP contribution in [0.25, 0.3) is 11.1 Å². The van der Waals surface area contributed by atoms with Gasteiger partial charge < -0.3 is 38.2 Å². The van der Waals surface area contributed by atoms with Gasteiger partial charge in [0.05, 0.1) is 36.3 Å². The lowest BCUT2D eigenvalue weighted by molar-refractivity contribution is -0.192. The van der Waals surface area contributed by atoms with Crippen LogP contribution in [-0.2, 0) is 9.45 Å². The zero-order valence-electron chi connectivity index (χ0n) is 36.7. The Bertz CT molecular complexity index is 2380. The molecule has 2 N–H and O–H groups in total. The average Bonchev–Trinajstić information content (AvgIpc) is 4.16. The number of carbonyl (C=O) groups is 3. The molecule has 2 saturated heterocycles. The normalized spacial score (nSPS) is 19.7. The number of carboxylic acids is 1. The summed E-state index contributed by atoms with van der Waals surface area (Å²) in [6.45, 7) is 5.58. The first kappa shape index (κ1) is 48.5. The summed E-state index contributed by atoms with van der Waals surface area (Å²) in [7, 11) is 3.42. The summed E-state index contributed by atoms with van der Waals surface area (Å²) in [6, 6.07) is 32.9. The van der Waals surface area contributed by atoms with E-state index in [0.717, 1.165) is 36.3 Å². The first-order valence-corrected chi connectivity index (χ1v) is 22.9. The maximum Gasteiger partial charge on any atom is 0.490 e. The quantitative estimate of drug-likeness (QED) is 0.0446. The minimum Gasteiger partial charge on any atom is -0.556 e. The number of carbonyl (C=O) groups excluding carboxylic acids is 2. The van der Waals surface area contributed by atoms with Gasteiger partial charge in [0.15, 0.2) is 24.3 Å². The second-order valence-electron chi connectivity index (χ2n) is 15.3. The number of nitrogens with zero attached hydrogens (tertiary/aromatic N) is 6. The van der Waals surface area contributed by atoms with Gasteiger partial charge in [-0.05, 0) is 56.1 Å². The van der Waals surface area contributed by atoms with Crippen molar-refractivity contribution >= 4 is 66.2 Å². The van der Waals surface area contributed by atoms with E-state index in [-0.39, 0.29) is 36.2 Å². The van der Waals surface area contributed by atoms with Gasteiger partial charge in [-0.1, -0.05) is 79.7 Å². The number of fused-ring (bicyclic) bond motifs is 4. The Labute approximate surface area is 382 Å². The first-order valence-electron chi connectivity index (χ1n) is 21.0. The standard InChI is InChI=1S/C21H20P.C12H14BN4O3.C12H15N3O2.C2HF3O2/c1-2-18-22(19-12-6-3-7-13-19,20-14-8-4-9-15-20)21-16-10-5-11-17-21;1-16-10-5-17(12(16)18)8(3-13-20-6-14)2-9(10)11-4-15-7-19-11;1-3-8-4-9(11-5-13-7-17-11)10-6-15(8)12(16)14(10)2;3-2(4,5)1(6)7/h2-18H,1H3;2,4,6-8,10,14H,3,5H2,1H3;4-5,7-8,10H,3,6H2,1-2H3;(H,6,7)/q+1;;;/b18-2+;;;/t;2*8-,10?;/m.01./s1. The molecule has 2 fully saturated rings. The molecule has 1 radical (unpaired) electrons. The number of aromatic nitrogens is 2. The van der Waals surface area contributed by atoms with Crippen molar-refractivity contribution in [3.05, 3.63) is 152 Å². The Morgan fingerprint density at radius 3 is 1.56 bits per heavy atom. The van der Waals surface area contributed by atoms with Crippen LogP contribution in [0, 0.1) is 5.41 Å². The molecule has 9 rings (SSSR count). The van der Waals surface area contributed by atoms with Crippen molar-refractivity contribution < 1.29 is 46.2 Å². The number of carboxylic acid groups (broad SMARTS) is 1. The lowest BCUT2D eigenvalue weighted by atomic mass is 9.85. The van der Waals surface area contributed by atoms with Crippen LogP contribution in [-0.4, -0.2) is 124 Å². The number of hydrogen-bond acceptors (Lipinski definition) is 9. The van der Waals surface area contributed by atoms with Crippen molar-refractivity contribution in [2.45, 2.75) is 56.9 Å². The number of halogens is 3. The largest absolute Gasteiger partial charge is 0.556 e. The number of urea groups is 2. The molecule has 19 heteroatoms. The van der Waals surface area contributed by atoms with Crippen molar-refractivity contribution in [1.82, 2.24) is 29.6 Å². The lowest BCUT2D eigenvalue weighted by Gasteiger charge is -2.28. The third-order valence-electron chi connectivity index (χ3n) is 11.5. The summed E-state index contributed by atoms with van der Waals surface area (Å²) in [5, 5.41) is 18.1. The van der Waals surface area contributed by atoms with Crippen LogP contribution in [0.4, 0.5) is 22.8 Å². The molecule has 343 valence electrons. The molecule has 66 heavy (non-hydrogen) atoms. The van der Waals surface area contributed by atoms with Crippen molar-refractivity contribution in [3.63, 3.8) is 0 Å². The highest BCUT2D eigenvalue weighted by Gasteiger charge is 2.46. The molecule has 3 aromatic carbocycles. The van der Waals surface area contributed by atoms with Gasteiger partial charge in [-0.2, -0.15) is 13.2 Å². The predicted molar refractivity (Wildman–Crippen MR) is 248 cm³/mol. The number of allylic oxidation sites excluding steroid dienone is 1. The highest BCUT2D eigenvalue weighted by molar-refractivity contribution is 7.98. The van der Waals surface area contributed by atoms with E-state index in [1.807, 2.05) is 18.0 Å². The van der Waals surface area contributed by atoms with Crippen molar-refractivity contribution in [3.8, 4) is 0 Å². The van der Waals surface area contributed by atoms with Gasteiger partial charge in [-0.15, -0.1) is 0 Å². The number of nitrogens with one attached hydrogen (secondary N) is 1. The molecule has 4 aliphatic heterocycles. The van der Waals surface area contributed by atoms with Gasteiger partial charge in [0.25, 0.3) is 0 Å². The molecule has 6 heterocycles. The van der Waals surface area contributed by atoms with E-state index in [1.54, 1.807) is 34.1 Å². The van der Waals surface area contributed by atoms with Gasteiger partial charge in [-0.3, -0.25) is 5.41 Å². The molecule has 0 aliphatic carbocycles. The Hall–Kier alpha value is -6.94. The Morgan fingerprint density at radius 2 is 1.21 bits per heavy atom. The molecule has 0 saturated carbocycles. The molecular weight excluding hydrogens is 873 g/mol. The van der Waals surface area contributed by atoms with Gasteiger partial charge in [0, 0.05) is 44.4 Å². The fraction of sp³-hybridized carbons (Fsp3) is 0.277. The number of benzene rings is 3. The fourth-order valence-electron chi connectivity index (χ4n) is 8.29. The summed E-state index contributed by atoms with van der Waals surface area (Å²) in [4.78, 5) is 48.3. The lowest BCUT2D eigenvalue weighted by Crippen LogP contribution is -2.39. The van der Waals surface area contributed by atoms with Gasteiger partial charge in [-0.25, -0.2) is 24.4 Å². The molecule has 4 amide bonds. The first-order chi connectivity index (χ1) is 31.8. The van der Waals surface area contributed by atoms with Crippen LogP contribution in [0.3, 0.4) is 0 Å². The molecule has 4 atom stereocenters.